The number of hydrogen-bond donors (Lipinski definition) is 2. The third kappa shape index (κ3) is 3.05. The van der Waals surface area contributed by atoms with E-state index in [0.717, 1.165) is 21.4 Å². The summed E-state index contributed by atoms with van der Waals surface area (Å²) in [5, 5.41) is 3.21. The zero-order valence-corrected chi connectivity index (χ0v) is 10.7. The van der Waals surface area contributed by atoms with E-state index in [4.69, 9.17) is 5.73 Å². The molecule has 0 aliphatic carbocycles. The van der Waals surface area contributed by atoms with Crippen LogP contribution in [0.4, 0.5) is 15.8 Å². The summed E-state index contributed by atoms with van der Waals surface area (Å²) in [4.78, 5) is 0. The largest absolute Gasteiger partial charge is 0.355 e. The van der Waals surface area contributed by atoms with Crippen LogP contribution in [0.15, 0.2) is 46.9 Å². The summed E-state index contributed by atoms with van der Waals surface area (Å²) < 4.78 is 14.1. The third-order valence-corrected chi connectivity index (χ3v) is 2.94. The van der Waals surface area contributed by atoms with E-state index in [1.54, 1.807) is 6.07 Å². The Bertz CT molecular complexity index is 511. The second-order valence-corrected chi connectivity index (χ2v) is 4.55. The van der Waals surface area contributed by atoms with Crippen molar-refractivity contribution < 1.29 is 4.39 Å². The molecule has 2 aromatic carbocycles. The molecule has 4 heteroatoms. The van der Waals surface area contributed by atoms with Gasteiger partial charge < -0.3 is 11.1 Å². The average molecular weight is 295 g/mol. The van der Waals surface area contributed by atoms with Gasteiger partial charge in [-0.2, -0.15) is 0 Å². The van der Waals surface area contributed by atoms with Gasteiger partial charge in [0.25, 0.3) is 0 Å². The molecule has 0 fully saturated rings. The van der Waals surface area contributed by atoms with Crippen LogP contribution in [-0.4, -0.2) is 0 Å². The second-order valence-electron chi connectivity index (χ2n) is 3.64. The molecule has 0 atom stereocenters. The van der Waals surface area contributed by atoms with Gasteiger partial charge in [0.05, 0.1) is 0 Å². The molecular formula is C13H12BrFN2. The second kappa shape index (κ2) is 5.29. The number of nitrogens with two attached hydrogens (primary N) is 1. The predicted octanol–water partition coefficient (Wildman–Crippen LogP) is 3.79. The molecule has 2 rings (SSSR count). The van der Waals surface area contributed by atoms with E-state index in [9.17, 15) is 4.39 Å². The summed E-state index contributed by atoms with van der Waals surface area (Å²) in [6, 6.07) is 12.3. The summed E-state index contributed by atoms with van der Waals surface area (Å²) in [7, 11) is 0. The standard InChI is InChI=1S/C13H12BrFN2/c14-10-1-4-12(5-2-10)17-13-6-3-11(15)7-9(13)8-16/h1-7,17H,8,16H2. The zero-order chi connectivity index (χ0) is 12.3. The molecular weight excluding hydrogens is 283 g/mol. The maximum absolute atomic E-state index is 13.0. The highest BCUT2D eigenvalue weighted by Crippen LogP contribution is 2.22. The Hall–Kier alpha value is -1.39. The van der Waals surface area contributed by atoms with Gasteiger partial charge in [0.1, 0.15) is 5.82 Å². The summed E-state index contributed by atoms with van der Waals surface area (Å²) in [6.45, 7) is 0.302. The smallest absolute Gasteiger partial charge is 0.123 e. The van der Waals surface area contributed by atoms with Crippen molar-refractivity contribution >= 4 is 27.3 Å². The van der Waals surface area contributed by atoms with Crippen LogP contribution in [-0.2, 0) is 6.54 Å². The topological polar surface area (TPSA) is 38.0 Å². The van der Waals surface area contributed by atoms with Gasteiger partial charge in [-0.05, 0) is 48.0 Å². The van der Waals surface area contributed by atoms with Crippen molar-refractivity contribution in [2.24, 2.45) is 5.73 Å². The highest BCUT2D eigenvalue weighted by atomic mass is 79.9. The van der Waals surface area contributed by atoms with Crippen LogP contribution in [0, 0.1) is 5.82 Å². The van der Waals surface area contributed by atoms with Crippen molar-refractivity contribution in [1.29, 1.82) is 0 Å². The highest BCUT2D eigenvalue weighted by molar-refractivity contribution is 9.10. The Labute approximate surface area is 108 Å². The normalized spacial score (nSPS) is 10.3. The van der Waals surface area contributed by atoms with Gasteiger partial charge >= 0.3 is 0 Å². The van der Waals surface area contributed by atoms with Crippen molar-refractivity contribution in [1.82, 2.24) is 0 Å². The maximum Gasteiger partial charge on any atom is 0.123 e. The van der Waals surface area contributed by atoms with Crippen molar-refractivity contribution in [2.75, 3.05) is 5.32 Å². The minimum atomic E-state index is -0.271. The number of halogens is 2. The number of hydrogen-bond acceptors (Lipinski definition) is 2. The first-order valence-electron chi connectivity index (χ1n) is 5.20. The van der Waals surface area contributed by atoms with E-state index >= 15 is 0 Å². The van der Waals surface area contributed by atoms with Gasteiger partial charge in [-0.1, -0.05) is 15.9 Å². The molecule has 17 heavy (non-hydrogen) atoms. The van der Waals surface area contributed by atoms with Gasteiger partial charge in [0, 0.05) is 22.4 Å². The SMILES string of the molecule is NCc1cc(F)ccc1Nc1ccc(Br)cc1. The zero-order valence-electron chi connectivity index (χ0n) is 9.08. The molecule has 0 radical (unpaired) electrons. The fourth-order valence-electron chi connectivity index (χ4n) is 1.54. The minimum Gasteiger partial charge on any atom is -0.355 e. The molecule has 3 N–H and O–H groups in total. The first kappa shape index (κ1) is 12.1. The molecule has 0 saturated heterocycles. The predicted molar refractivity (Wildman–Crippen MR) is 71.7 cm³/mol. The van der Waals surface area contributed by atoms with Crippen LogP contribution in [0.3, 0.4) is 0 Å². The van der Waals surface area contributed by atoms with E-state index in [-0.39, 0.29) is 5.82 Å². The summed E-state index contributed by atoms with van der Waals surface area (Å²) in [5.41, 5.74) is 8.11. The first-order valence-corrected chi connectivity index (χ1v) is 5.99. The van der Waals surface area contributed by atoms with Gasteiger partial charge in [0.15, 0.2) is 0 Å². The molecule has 2 aromatic rings. The van der Waals surface area contributed by atoms with Crippen LogP contribution in [0.5, 0.6) is 0 Å². The van der Waals surface area contributed by atoms with E-state index in [0.29, 0.717) is 6.54 Å². The fraction of sp³-hybridized carbons (Fsp3) is 0.0769. The Morgan fingerprint density at radius 1 is 1.12 bits per heavy atom. The molecule has 88 valence electrons. The van der Waals surface area contributed by atoms with Gasteiger partial charge in [-0.15, -0.1) is 0 Å². The van der Waals surface area contributed by atoms with E-state index < -0.39 is 0 Å². The molecule has 0 bridgehead atoms. The third-order valence-electron chi connectivity index (χ3n) is 2.41. The highest BCUT2D eigenvalue weighted by Gasteiger charge is 2.03. The number of benzene rings is 2. The molecule has 0 aliphatic heterocycles. The molecule has 0 saturated carbocycles. The van der Waals surface area contributed by atoms with Crippen molar-refractivity contribution in [3.63, 3.8) is 0 Å². The van der Waals surface area contributed by atoms with E-state index in [1.807, 2.05) is 24.3 Å². The number of rotatable bonds is 3. The van der Waals surface area contributed by atoms with Gasteiger partial charge in [0.2, 0.25) is 0 Å². The van der Waals surface area contributed by atoms with Crippen LogP contribution in [0.2, 0.25) is 0 Å². The Balaban J connectivity index is 2.26. The number of nitrogens with one attached hydrogen (secondary N) is 1. The first-order chi connectivity index (χ1) is 8.19. The maximum atomic E-state index is 13.0. The fourth-order valence-corrected chi connectivity index (χ4v) is 1.81. The molecule has 0 amide bonds. The van der Waals surface area contributed by atoms with Crippen molar-refractivity contribution in [3.8, 4) is 0 Å². The lowest BCUT2D eigenvalue weighted by Crippen LogP contribution is -2.02. The molecule has 0 heterocycles. The van der Waals surface area contributed by atoms with Gasteiger partial charge in [-0.25, -0.2) is 4.39 Å². The Morgan fingerprint density at radius 3 is 2.47 bits per heavy atom. The van der Waals surface area contributed by atoms with Crippen LogP contribution >= 0.6 is 15.9 Å². The Kier molecular flexibility index (Phi) is 3.76. The minimum absolute atomic E-state index is 0.271. The lowest BCUT2D eigenvalue weighted by molar-refractivity contribution is 0.626. The average Bonchev–Trinajstić information content (AvgIpc) is 2.34. The van der Waals surface area contributed by atoms with Crippen molar-refractivity contribution in [3.05, 3.63) is 58.3 Å². The summed E-state index contributed by atoms with van der Waals surface area (Å²) in [6.07, 6.45) is 0. The Morgan fingerprint density at radius 2 is 1.82 bits per heavy atom. The molecule has 0 aromatic heterocycles. The summed E-state index contributed by atoms with van der Waals surface area (Å²) in [5.74, 6) is -0.271. The van der Waals surface area contributed by atoms with Crippen molar-refractivity contribution in [2.45, 2.75) is 6.54 Å². The molecule has 2 nitrogen and oxygen atoms in total. The van der Waals surface area contributed by atoms with Gasteiger partial charge in [-0.3, -0.25) is 0 Å². The van der Waals surface area contributed by atoms with E-state index in [1.165, 1.54) is 12.1 Å². The molecule has 0 spiro atoms. The molecule has 0 unspecified atom stereocenters. The summed E-state index contributed by atoms with van der Waals surface area (Å²) >= 11 is 3.37. The monoisotopic (exact) mass is 294 g/mol. The van der Waals surface area contributed by atoms with Crippen LogP contribution < -0.4 is 11.1 Å². The lowest BCUT2D eigenvalue weighted by Gasteiger charge is -2.11. The molecule has 0 aliphatic rings. The van der Waals surface area contributed by atoms with E-state index in [2.05, 4.69) is 21.2 Å². The quantitative estimate of drug-likeness (QED) is 0.904. The van der Waals surface area contributed by atoms with Crippen LogP contribution in [0.25, 0.3) is 0 Å². The number of anilines is 2. The van der Waals surface area contributed by atoms with Crippen LogP contribution in [0.1, 0.15) is 5.56 Å². The lowest BCUT2D eigenvalue weighted by atomic mass is 10.1.